The van der Waals surface area contributed by atoms with Gasteiger partial charge in [0.05, 0.1) is 0 Å². The molecule has 116 valence electrons. The average Bonchev–Trinajstić information content (AvgIpc) is 2.74. The van der Waals surface area contributed by atoms with E-state index in [-0.39, 0.29) is 0 Å². The number of anilines is 1. The Balaban J connectivity index is 1.75. The zero-order valence-corrected chi connectivity index (χ0v) is 14.7. The van der Waals surface area contributed by atoms with Crippen LogP contribution in [0.2, 0.25) is 0 Å². The van der Waals surface area contributed by atoms with Gasteiger partial charge >= 0.3 is 0 Å². The molecule has 1 N–H and O–H groups in total. The minimum absolute atomic E-state index is 0.677. The maximum atomic E-state index is 3.83. The molecule has 1 saturated carbocycles. The van der Waals surface area contributed by atoms with Gasteiger partial charge in [-0.1, -0.05) is 35.2 Å². The van der Waals surface area contributed by atoms with E-state index in [1.807, 2.05) is 0 Å². The van der Waals surface area contributed by atoms with Gasteiger partial charge in [-0.3, -0.25) is 0 Å². The van der Waals surface area contributed by atoms with Crippen LogP contribution >= 0.6 is 15.9 Å². The van der Waals surface area contributed by atoms with E-state index in [0.717, 1.165) is 5.92 Å². The second kappa shape index (κ2) is 7.15. The molecular weight excluding hydrogens is 324 g/mol. The van der Waals surface area contributed by atoms with Gasteiger partial charge in [0.2, 0.25) is 0 Å². The molecule has 1 aliphatic carbocycles. The summed E-state index contributed by atoms with van der Waals surface area (Å²) in [6.07, 6.45) is 8.40. The molecule has 3 heteroatoms. The molecule has 0 spiro atoms. The van der Waals surface area contributed by atoms with Crippen molar-refractivity contribution >= 4 is 21.6 Å². The first-order chi connectivity index (χ1) is 10.2. The second-order valence-corrected chi connectivity index (χ2v) is 7.60. The molecule has 0 aromatic heterocycles. The fraction of sp³-hybridized carbons (Fsp3) is 0.667. The molecule has 1 atom stereocenters. The van der Waals surface area contributed by atoms with Gasteiger partial charge in [-0.25, -0.2) is 0 Å². The molecule has 1 saturated heterocycles. The van der Waals surface area contributed by atoms with Gasteiger partial charge in [-0.05, 0) is 62.4 Å². The molecule has 3 rings (SSSR count). The molecule has 1 aromatic carbocycles. The minimum Gasteiger partial charge on any atom is -0.370 e. The zero-order valence-electron chi connectivity index (χ0n) is 13.1. The SMILES string of the molecule is Cc1cc(Br)ccc1N1CCCNC(C2CCCCC2)C1. The van der Waals surface area contributed by atoms with Crippen LogP contribution in [0, 0.1) is 12.8 Å². The lowest BCUT2D eigenvalue weighted by Gasteiger charge is -2.34. The quantitative estimate of drug-likeness (QED) is 0.844. The lowest BCUT2D eigenvalue weighted by Crippen LogP contribution is -2.43. The van der Waals surface area contributed by atoms with Crippen molar-refractivity contribution < 1.29 is 0 Å². The smallest absolute Gasteiger partial charge is 0.0397 e. The summed E-state index contributed by atoms with van der Waals surface area (Å²) in [6, 6.07) is 7.37. The Labute approximate surface area is 137 Å². The number of nitrogens with zero attached hydrogens (tertiary/aromatic N) is 1. The van der Waals surface area contributed by atoms with E-state index in [1.165, 1.54) is 73.9 Å². The number of halogens is 1. The van der Waals surface area contributed by atoms with Crippen LogP contribution in [-0.2, 0) is 0 Å². The predicted octanol–water partition coefficient (Wildman–Crippen LogP) is 4.51. The van der Waals surface area contributed by atoms with Crippen LogP contribution in [0.15, 0.2) is 22.7 Å². The summed E-state index contributed by atoms with van der Waals surface area (Å²) in [5.41, 5.74) is 2.80. The normalized spacial score (nSPS) is 24.9. The van der Waals surface area contributed by atoms with E-state index in [1.54, 1.807) is 0 Å². The van der Waals surface area contributed by atoms with Gasteiger partial charge in [0, 0.05) is 29.3 Å². The average molecular weight is 351 g/mol. The van der Waals surface area contributed by atoms with Gasteiger partial charge < -0.3 is 10.2 Å². The highest BCUT2D eigenvalue weighted by Gasteiger charge is 2.27. The van der Waals surface area contributed by atoms with Crippen LogP contribution in [0.5, 0.6) is 0 Å². The van der Waals surface area contributed by atoms with E-state index >= 15 is 0 Å². The summed E-state index contributed by atoms with van der Waals surface area (Å²) in [4.78, 5) is 2.61. The van der Waals surface area contributed by atoms with Crippen molar-refractivity contribution in [3.8, 4) is 0 Å². The lowest BCUT2D eigenvalue weighted by molar-refractivity contribution is 0.277. The van der Waals surface area contributed by atoms with E-state index in [9.17, 15) is 0 Å². The largest absolute Gasteiger partial charge is 0.370 e. The number of benzene rings is 1. The maximum Gasteiger partial charge on any atom is 0.0397 e. The molecule has 1 heterocycles. The molecule has 1 unspecified atom stereocenters. The second-order valence-electron chi connectivity index (χ2n) is 6.69. The van der Waals surface area contributed by atoms with Gasteiger partial charge in [0.25, 0.3) is 0 Å². The van der Waals surface area contributed by atoms with Crippen LogP contribution in [0.25, 0.3) is 0 Å². The van der Waals surface area contributed by atoms with Crippen molar-refractivity contribution in [1.82, 2.24) is 5.32 Å². The number of aryl methyl sites for hydroxylation is 1. The highest BCUT2D eigenvalue weighted by molar-refractivity contribution is 9.10. The van der Waals surface area contributed by atoms with Gasteiger partial charge in [0.15, 0.2) is 0 Å². The van der Waals surface area contributed by atoms with Crippen LogP contribution in [0.3, 0.4) is 0 Å². The van der Waals surface area contributed by atoms with Crippen LogP contribution in [0.1, 0.15) is 44.1 Å². The molecule has 2 aliphatic rings. The molecule has 2 nitrogen and oxygen atoms in total. The van der Waals surface area contributed by atoms with Crippen molar-refractivity contribution in [3.63, 3.8) is 0 Å². The molecular formula is C18H27BrN2. The summed E-state index contributed by atoms with van der Waals surface area (Å²) in [6.45, 7) is 5.76. The van der Waals surface area contributed by atoms with Crippen molar-refractivity contribution in [2.45, 2.75) is 51.5 Å². The lowest BCUT2D eigenvalue weighted by atomic mass is 9.83. The summed E-state index contributed by atoms with van der Waals surface area (Å²) in [5.74, 6) is 0.884. The monoisotopic (exact) mass is 350 g/mol. The highest BCUT2D eigenvalue weighted by atomic mass is 79.9. The third kappa shape index (κ3) is 3.81. The summed E-state index contributed by atoms with van der Waals surface area (Å²) >= 11 is 3.58. The Morgan fingerprint density at radius 3 is 2.71 bits per heavy atom. The van der Waals surface area contributed by atoms with Crippen molar-refractivity contribution in [2.75, 3.05) is 24.5 Å². The first kappa shape index (κ1) is 15.4. The number of hydrogen-bond acceptors (Lipinski definition) is 2. The third-order valence-corrected chi connectivity index (χ3v) is 5.64. The Hall–Kier alpha value is -0.540. The van der Waals surface area contributed by atoms with Gasteiger partial charge in [-0.2, -0.15) is 0 Å². The van der Waals surface area contributed by atoms with E-state index < -0.39 is 0 Å². The number of nitrogens with one attached hydrogen (secondary N) is 1. The summed E-state index contributed by atoms with van der Waals surface area (Å²) in [7, 11) is 0. The summed E-state index contributed by atoms with van der Waals surface area (Å²) in [5, 5.41) is 3.83. The third-order valence-electron chi connectivity index (χ3n) is 5.15. The number of rotatable bonds is 2. The van der Waals surface area contributed by atoms with Crippen LogP contribution in [0.4, 0.5) is 5.69 Å². The van der Waals surface area contributed by atoms with Crippen LogP contribution < -0.4 is 10.2 Å². The fourth-order valence-electron chi connectivity index (χ4n) is 4.00. The molecule has 1 aromatic rings. The first-order valence-electron chi connectivity index (χ1n) is 8.48. The molecule has 0 radical (unpaired) electrons. The Bertz CT molecular complexity index is 468. The summed E-state index contributed by atoms with van der Waals surface area (Å²) < 4.78 is 1.18. The highest BCUT2D eigenvalue weighted by Crippen LogP contribution is 2.30. The van der Waals surface area contributed by atoms with E-state index in [0.29, 0.717) is 6.04 Å². The standard InChI is InChI=1S/C18H27BrN2/c1-14-12-16(19)8-9-18(14)21-11-5-10-20-17(13-21)15-6-3-2-4-7-15/h8-9,12,15,17,20H,2-7,10-11,13H2,1H3. The predicted molar refractivity (Wildman–Crippen MR) is 94.1 cm³/mol. The van der Waals surface area contributed by atoms with Crippen molar-refractivity contribution in [1.29, 1.82) is 0 Å². The Kier molecular flexibility index (Phi) is 5.23. The Morgan fingerprint density at radius 1 is 1.14 bits per heavy atom. The Morgan fingerprint density at radius 2 is 1.95 bits per heavy atom. The van der Waals surface area contributed by atoms with Gasteiger partial charge in [0.1, 0.15) is 0 Å². The zero-order chi connectivity index (χ0) is 14.7. The molecule has 1 aliphatic heterocycles. The van der Waals surface area contributed by atoms with Crippen LogP contribution in [-0.4, -0.2) is 25.7 Å². The molecule has 0 bridgehead atoms. The topological polar surface area (TPSA) is 15.3 Å². The number of hydrogen-bond donors (Lipinski definition) is 1. The van der Waals surface area contributed by atoms with E-state index in [2.05, 4.69) is 51.3 Å². The minimum atomic E-state index is 0.677. The van der Waals surface area contributed by atoms with Gasteiger partial charge in [-0.15, -0.1) is 0 Å². The molecule has 0 amide bonds. The maximum absolute atomic E-state index is 3.83. The fourth-order valence-corrected chi connectivity index (χ4v) is 4.47. The van der Waals surface area contributed by atoms with E-state index in [4.69, 9.17) is 0 Å². The molecule has 2 fully saturated rings. The molecule has 21 heavy (non-hydrogen) atoms. The van der Waals surface area contributed by atoms with Crippen molar-refractivity contribution in [2.24, 2.45) is 5.92 Å². The van der Waals surface area contributed by atoms with Crippen molar-refractivity contribution in [3.05, 3.63) is 28.2 Å². The first-order valence-corrected chi connectivity index (χ1v) is 9.28.